The molecule has 0 aromatic carbocycles. The monoisotopic (exact) mass is 266 g/mol. The predicted octanol–water partition coefficient (Wildman–Crippen LogP) is -0.932. The van der Waals surface area contributed by atoms with Gasteiger partial charge in [0.05, 0.1) is 12.1 Å². The summed E-state index contributed by atoms with van der Waals surface area (Å²) in [5.74, 6) is -0.429. The van der Waals surface area contributed by atoms with Gasteiger partial charge in [0.2, 0.25) is 5.91 Å². The molecule has 1 aliphatic carbocycles. The van der Waals surface area contributed by atoms with Gasteiger partial charge in [0.15, 0.2) is 0 Å². The molecule has 0 aromatic rings. The van der Waals surface area contributed by atoms with E-state index in [1.54, 1.807) is 4.90 Å². The van der Waals surface area contributed by atoms with Gasteiger partial charge in [0.25, 0.3) is 5.91 Å². The highest BCUT2D eigenvalue weighted by Gasteiger charge is 2.52. The number of hydrogen-bond acceptors (Lipinski definition) is 4. The van der Waals surface area contributed by atoms with Crippen LogP contribution >= 0.6 is 0 Å². The van der Waals surface area contributed by atoms with Crippen molar-refractivity contribution in [3.63, 3.8) is 0 Å². The van der Waals surface area contributed by atoms with Crippen molar-refractivity contribution in [2.24, 2.45) is 5.73 Å². The van der Waals surface area contributed by atoms with Crippen molar-refractivity contribution in [3.05, 3.63) is 0 Å². The van der Waals surface area contributed by atoms with Gasteiger partial charge in [-0.25, -0.2) is 4.79 Å². The molecule has 2 aliphatic heterocycles. The highest BCUT2D eigenvalue weighted by Crippen LogP contribution is 2.33. The first-order valence-corrected chi connectivity index (χ1v) is 6.67. The van der Waals surface area contributed by atoms with Crippen LogP contribution in [-0.4, -0.2) is 46.9 Å². The van der Waals surface area contributed by atoms with Crippen LogP contribution in [0.5, 0.6) is 0 Å². The van der Waals surface area contributed by atoms with E-state index < -0.39 is 17.1 Å². The van der Waals surface area contributed by atoms with Crippen LogP contribution in [0.2, 0.25) is 0 Å². The number of piperidine rings is 1. The Labute approximate surface area is 110 Å². The van der Waals surface area contributed by atoms with Gasteiger partial charge in [-0.1, -0.05) is 0 Å². The number of nitrogens with two attached hydrogens (primary N) is 1. The van der Waals surface area contributed by atoms with Crippen molar-refractivity contribution in [3.8, 4) is 0 Å². The van der Waals surface area contributed by atoms with Crippen LogP contribution in [0.4, 0.5) is 4.79 Å². The van der Waals surface area contributed by atoms with Crippen LogP contribution in [0.3, 0.4) is 0 Å². The van der Waals surface area contributed by atoms with Gasteiger partial charge in [-0.15, -0.1) is 0 Å². The van der Waals surface area contributed by atoms with E-state index in [2.05, 4.69) is 10.6 Å². The molecule has 4 N–H and O–H groups in total. The van der Waals surface area contributed by atoms with Gasteiger partial charge < -0.3 is 16.0 Å². The standard InChI is InChI=1S/C12H18N4O3/c13-11(3-1-4-11)9(18)16-6-2-5-12(7-16)8(17)14-10(19)15-12/h1-7,13H2,(H2,14,15,17,19). The van der Waals surface area contributed by atoms with Crippen LogP contribution in [-0.2, 0) is 9.59 Å². The average molecular weight is 266 g/mol. The summed E-state index contributed by atoms with van der Waals surface area (Å²) in [4.78, 5) is 37.2. The molecule has 7 heteroatoms. The first kappa shape index (κ1) is 12.4. The van der Waals surface area contributed by atoms with Crippen molar-refractivity contribution in [1.82, 2.24) is 15.5 Å². The summed E-state index contributed by atoms with van der Waals surface area (Å²) in [5.41, 5.74) is 4.34. The Kier molecular flexibility index (Phi) is 2.57. The van der Waals surface area contributed by atoms with E-state index >= 15 is 0 Å². The zero-order valence-corrected chi connectivity index (χ0v) is 10.7. The number of likely N-dealkylation sites (tertiary alicyclic amines) is 1. The van der Waals surface area contributed by atoms with Crippen molar-refractivity contribution < 1.29 is 14.4 Å². The topological polar surface area (TPSA) is 105 Å². The third-order valence-electron chi connectivity index (χ3n) is 4.47. The Morgan fingerprint density at radius 2 is 1.95 bits per heavy atom. The maximum Gasteiger partial charge on any atom is 0.322 e. The fourth-order valence-corrected chi connectivity index (χ4v) is 3.13. The Bertz CT molecular complexity index is 460. The summed E-state index contributed by atoms with van der Waals surface area (Å²) < 4.78 is 0. The van der Waals surface area contributed by atoms with Gasteiger partial charge in [-0.3, -0.25) is 14.9 Å². The SMILES string of the molecule is NC1(C(=O)N2CCCC3(C2)NC(=O)NC3=O)CCC1. The number of amides is 4. The lowest BCUT2D eigenvalue weighted by Gasteiger charge is -2.45. The van der Waals surface area contributed by atoms with E-state index in [1.165, 1.54) is 0 Å². The molecule has 104 valence electrons. The summed E-state index contributed by atoms with van der Waals surface area (Å²) in [6.45, 7) is 0.824. The van der Waals surface area contributed by atoms with Crippen molar-refractivity contribution in [1.29, 1.82) is 0 Å². The van der Waals surface area contributed by atoms with Gasteiger partial charge >= 0.3 is 6.03 Å². The molecule has 4 amide bonds. The molecule has 1 spiro atoms. The van der Waals surface area contributed by atoms with Crippen LogP contribution in [0, 0.1) is 0 Å². The van der Waals surface area contributed by atoms with Crippen LogP contribution in [0.15, 0.2) is 0 Å². The summed E-state index contributed by atoms with van der Waals surface area (Å²) in [5, 5.41) is 4.90. The second-order valence-corrected chi connectivity index (χ2v) is 5.83. The largest absolute Gasteiger partial charge is 0.338 e. The number of urea groups is 1. The molecule has 2 heterocycles. The number of nitrogens with one attached hydrogen (secondary N) is 2. The zero-order valence-electron chi connectivity index (χ0n) is 10.7. The van der Waals surface area contributed by atoms with Crippen LogP contribution < -0.4 is 16.4 Å². The van der Waals surface area contributed by atoms with Crippen molar-refractivity contribution in [2.45, 2.75) is 43.2 Å². The lowest BCUT2D eigenvalue weighted by molar-refractivity contribution is -0.144. The van der Waals surface area contributed by atoms with E-state index in [0.717, 1.165) is 6.42 Å². The molecule has 3 rings (SSSR count). The maximum absolute atomic E-state index is 12.4. The molecule has 0 radical (unpaired) electrons. The third-order valence-corrected chi connectivity index (χ3v) is 4.47. The molecule has 0 bridgehead atoms. The van der Waals surface area contributed by atoms with E-state index in [-0.39, 0.29) is 18.4 Å². The number of hydrogen-bond donors (Lipinski definition) is 3. The predicted molar refractivity (Wildman–Crippen MR) is 66.0 cm³/mol. The van der Waals surface area contributed by atoms with Crippen LogP contribution in [0.1, 0.15) is 32.1 Å². The molecule has 1 atom stereocenters. The summed E-state index contributed by atoms with van der Waals surface area (Å²) in [6.07, 6.45) is 3.63. The molecule has 2 saturated heterocycles. The van der Waals surface area contributed by atoms with Crippen molar-refractivity contribution in [2.75, 3.05) is 13.1 Å². The van der Waals surface area contributed by atoms with E-state index in [9.17, 15) is 14.4 Å². The molecular weight excluding hydrogens is 248 g/mol. The normalized spacial score (nSPS) is 32.8. The van der Waals surface area contributed by atoms with E-state index in [1.807, 2.05) is 0 Å². The Hall–Kier alpha value is -1.63. The zero-order chi connectivity index (χ0) is 13.7. The smallest absolute Gasteiger partial charge is 0.322 e. The van der Waals surface area contributed by atoms with Crippen LogP contribution in [0.25, 0.3) is 0 Å². The number of rotatable bonds is 1. The first-order valence-electron chi connectivity index (χ1n) is 6.67. The first-order chi connectivity index (χ1) is 8.95. The molecule has 7 nitrogen and oxygen atoms in total. The molecule has 1 saturated carbocycles. The van der Waals surface area contributed by atoms with Crippen molar-refractivity contribution >= 4 is 17.8 Å². The fourth-order valence-electron chi connectivity index (χ4n) is 3.13. The molecule has 3 fully saturated rings. The molecular formula is C12H18N4O3. The second kappa shape index (κ2) is 3.93. The Morgan fingerprint density at radius 3 is 2.47 bits per heavy atom. The minimum atomic E-state index is -0.953. The maximum atomic E-state index is 12.4. The molecule has 1 unspecified atom stereocenters. The fraction of sp³-hybridized carbons (Fsp3) is 0.750. The summed E-state index contributed by atoms with van der Waals surface area (Å²) in [7, 11) is 0. The highest BCUT2D eigenvalue weighted by molar-refractivity contribution is 6.07. The minimum absolute atomic E-state index is 0.0910. The summed E-state index contributed by atoms with van der Waals surface area (Å²) in [6, 6.07) is -0.481. The van der Waals surface area contributed by atoms with Gasteiger partial charge in [-0.05, 0) is 32.1 Å². The quantitative estimate of drug-likeness (QED) is 0.533. The number of imide groups is 1. The number of carbonyl (C=O) groups excluding carboxylic acids is 3. The molecule has 3 aliphatic rings. The summed E-state index contributed by atoms with van der Waals surface area (Å²) >= 11 is 0. The third kappa shape index (κ3) is 1.80. The van der Waals surface area contributed by atoms with Gasteiger partial charge in [0, 0.05) is 6.54 Å². The minimum Gasteiger partial charge on any atom is -0.338 e. The Morgan fingerprint density at radius 1 is 1.21 bits per heavy atom. The average Bonchev–Trinajstić information content (AvgIpc) is 2.60. The lowest BCUT2D eigenvalue weighted by Crippen LogP contribution is -2.66. The number of nitrogens with zero attached hydrogens (tertiary/aromatic N) is 1. The number of carbonyl (C=O) groups is 3. The van der Waals surface area contributed by atoms with Gasteiger partial charge in [0.1, 0.15) is 5.54 Å². The highest BCUT2D eigenvalue weighted by atomic mass is 16.2. The molecule has 19 heavy (non-hydrogen) atoms. The molecule has 0 aromatic heterocycles. The van der Waals surface area contributed by atoms with E-state index in [0.29, 0.717) is 32.2 Å². The van der Waals surface area contributed by atoms with E-state index in [4.69, 9.17) is 5.73 Å². The lowest BCUT2D eigenvalue weighted by atomic mass is 9.76. The van der Waals surface area contributed by atoms with Gasteiger partial charge in [-0.2, -0.15) is 0 Å². The Balaban J connectivity index is 1.77. The second-order valence-electron chi connectivity index (χ2n) is 5.83.